The second-order valence-corrected chi connectivity index (χ2v) is 4.36. The molecule has 0 bridgehead atoms. The molecule has 0 saturated carbocycles. The molecule has 16 heavy (non-hydrogen) atoms. The van der Waals surface area contributed by atoms with E-state index in [4.69, 9.17) is 5.11 Å². The minimum absolute atomic E-state index is 0.0129. The molecule has 0 aliphatic heterocycles. The predicted octanol–water partition coefficient (Wildman–Crippen LogP) is 1.94. The number of fused-ring (bicyclic) bond motifs is 1. The van der Waals surface area contributed by atoms with Gasteiger partial charge >= 0.3 is 5.97 Å². The predicted molar refractivity (Wildman–Crippen MR) is 60.4 cm³/mol. The molecule has 0 aromatic heterocycles. The largest absolute Gasteiger partial charge is 0.481 e. The lowest BCUT2D eigenvalue weighted by molar-refractivity contribution is -0.139. The van der Waals surface area contributed by atoms with E-state index in [-0.39, 0.29) is 12.3 Å². The van der Waals surface area contributed by atoms with Gasteiger partial charge in [-0.15, -0.1) is 0 Å². The van der Waals surface area contributed by atoms with Crippen LogP contribution in [0.4, 0.5) is 0 Å². The number of carboxylic acids is 1. The number of aliphatic hydroxyl groups excluding tert-OH is 1. The Morgan fingerprint density at radius 1 is 1.44 bits per heavy atom. The first-order valence-electron chi connectivity index (χ1n) is 5.66. The lowest BCUT2D eigenvalue weighted by atomic mass is 9.79. The average Bonchev–Trinajstić information content (AvgIpc) is 2.27. The number of aliphatic carboxylic acids is 1. The third-order valence-corrected chi connectivity index (χ3v) is 3.26. The molecule has 3 nitrogen and oxygen atoms in total. The normalized spacial score (nSPS) is 21.2. The van der Waals surface area contributed by atoms with Gasteiger partial charge in [-0.05, 0) is 30.4 Å². The van der Waals surface area contributed by atoms with Crippen LogP contribution in [-0.4, -0.2) is 22.3 Å². The molecule has 1 unspecified atom stereocenters. The van der Waals surface area contributed by atoms with Crippen LogP contribution in [0.3, 0.4) is 0 Å². The Bertz CT molecular complexity index is 387. The quantitative estimate of drug-likeness (QED) is 0.818. The summed E-state index contributed by atoms with van der Waals surface area (Å²) in [6.45, 7) is 0. The number of aryl methyl sites for hydroxylation is 1. The van der Waals surface area contributed by atoms with Gasteiger partial charge in [0.05, 0.1) is 12.5 Å². The van der Waals surface area contributed by atoms with Gasteiger partial charge in [-0.3, -0.25) is 4.79 Å². The molecule has 2 atom stereocenters. The van der Waals surface area contributed by atoms with Crippen molar-refractivity contribution >= 4 is 5.97 Å². The molecule has 1 aliphatic rings. The Morgan fingerprint density at radius 2 is 2.19 bits per heavy atom. The lowest BCUT2D eigenvalue weighted by Gasteiger charge is -2.28. The van der Waals surface area contributed by atoms with E-state index < -0.39 is 12.1 Å². The van der Waals surface area contributed by atoms with Crippen molar-refractivity contribution in [2.24, 2.45) is 0 Å². The molecule has 3 heteroatoms. The summed E-state index contributed by atoms with van der Waals surface area (Å²) < 4.78 is 0. The first-order valence-corrected chi connectivity index (χ1v) is 5.66. The van der Waals surface area contributed by atoms with Gasteiger partial charge in [0.1, 0.15) is 0 Å². The Balaban J connectivity index is 2.21. The highest BCUT2D eigenvalue weighted by Gasteiger charge is 2.27. The van der Waals surface area contributed by atoms with Crippen molar-refractivity contribution in [3.8, 4) is 0 Å². The molecule has 1 aliphatic carbocycles. The standard InChI is InChI=1S/C13H16O3/c14-12(8-13(15)16)11-7-3-5-9-4-1-2-6-10(9)11/h1-2,4,6,11-12,14H,3,5,7-8H2,(H,15,16)/t11?,12-/m0/s1. The zero-order valence-electron chi connectivity index (χ0n) is 9.10. The van der Waals surface area contributed by atoms with Gasteiger partial charge in [0, 0.05) is 5.92 Å². The van der Waals surface area contributed by atoms with E-state index >= 15 is 0 Å². The van der Waals surface area contributed by atoms with Crippen LogP contribution in [0, 0.1) is 0 Å². The fourth-order valence-corrected chi connectivity index (χ4v) is 2.51. The molecule has 86 valence electrons. The summed E-state index contributed by atoms with van der Waals surface area (Å²) in [6, 6.07) is 8.01. The molecular formula is C13H16O3. The second kappa shape index (κ2) is 4.66. The van der Waals surface area contributed by atoms with Crippen LogP contribution >= 0.6 is 0 Å². The van der Waals surface area contributed by atoms with Crippen LogP contribution in [0.5, 0.6) is 0 Å². The summed E-state index contributed by atoms with van der Waals surface area (Å²) in [5, 5.41) is 18.6. The molecule has 1 aromatic carbocycles. The second-order valence-electron chi connectivity index (χ2n) is 4.36. The van der Waals surface area contributed by atoms with Crippen LogP contribution in [0.25, 0.3) is 0 Å². The van der Waals surface area contributed by atoms with Crippen LogP contribution < -0.4 is 0 Å². The minimum atomic E-state index is -0.935. The fraction of sp³-hybridized carbons (Fsp3) is 0.462. The number of hydrogen-bond acceptors (Lipinski definition) is 2. The number of hydrogen-bond donors (Lipinski definition) is 2. The number of carbonyl (C=O) groups is 1. The lowest BCUT2D eigenvalue weighted by Crippen LogP contribution is -2.25. The summed E-state index contributed by atoms with van der Waals surface area (Å²) in [6.07, 6.45) is 2.01. The van der Waals surface area contributed by atoms with Gasteiger partial charge in [-0.1, -0.05) is 24.3 Å². The summed E-state index contributed by atoms with van der Waals surface area (Å²) in [5.41, 5.74) is 2.38. The van der Waals surface area contributed by atoms with Crippen LogP contribution in [0.15, 0.2) is 24.3 Å². The van der Waals surface area contributed by atoms with E-state index in [9.17, 15) is 9.90 Å². The summed E-state index contributed by atoms with van der Waals surface area (Å²) in [5.74, 6) is -0.948. The maximum atomic E-state index is 10.6. The van der Waals surface area contributed by atoms with Crippen LogP contribution in [-0.2, 0) is 11.2 Å². The van der Waals surface area contributed by atoms with Gasteiger partial charge in [0.15, 0.2) is 0 Å². The highest BCUT2D eigenvalue weighted by molar-refractivity contribution is 5.67. The number of rotatable bonds is 3. The van der Waals surface area contributed by atoms with E-state index in [1.807, 2.05) is 18.2 Å². The number of benzene rings is 1. The number of aliphatic hydroxyl groups is 1. The third-order valence-electron chi connectivity index (χ3n) is 3.26. The Morgan fingerprint density at radius 3 is 2.94 bits per heavy atom. The van der Waals surface area contributed by atoms with E-state index in [1.165, 1.54) is 5.56 Å². The van der Waals surface area contributed by atoms with E-state index in [2.05, 4.69) is 6.07 Å². The van der Waals surface area contributed by atoms with Crippen molar-refractivity contribution in [1.29, 1.82) is 0 Å². The molecule has 0 saturated heterocycles. The third kappa shape index (κ3) is 2.25. The maximum Gasteiger partial charge on any atom is 0.305 e. The van der Waals surface area contributed by atoms with E-state index in [0.717, 1.165) is 24.8 Å². The van der Waals surface area contributed by atoms with Crippen LogP contribution in [0.2, 0.25) is 0 Å². The summed E-state index contributed by atoms with van der Waals surface area (Å²) >= 11 is 0. The van der Waals surface area contributed by atoms with Gasteiger partial charge in [0.2, 0.25) is 0 Å². The Kier molecular flexibility index (Phi) is 3.25. The van der Waals surface area contributed by atoms with Gasteiger partial charge < -0.3 is 10.2 Å². The first-order chi connectivity index (χ1) is 7.68. The van der Waals surface area contributed by atoms with Crippen molar-refractivity contribution in [1.82, 2.24) is 0 Å². The SMILES string of the molecule is O=C(O)C[C@H](O)C1CCCc2ccccc21. The Hall–Kier alpha value is -1.35. The van der Waals surface area contributed by atoms with Gasteiger partial charge in [-0.25, -0.2) is 0 Å². The fourth-order valence-electron chi connectivity index (χ4n) is 2.51. The molecule has 2 N–H and O–H groups in total. The smallest absolute Gasteiger partial charge is 0.305 e. The van der Waals surface area contributed by atoms with Crippen molar-refractivity contribution < 1.29 is 15.0 Å². The van der Waals surface area contributed by atoms with Crippen molar-refractivity contribution in [2.45, 2.75) is 37.7 Å². The zero-order valence-corrected chi connectivity index (χ0v) is 9.10. The zero-order chi connectivity index (χ0) is 11.5. The minimum Gasteiger partial charge on any atom is -0.481 e. The highest BCUT2D eigenvalue weighted by Crippen LogP contribution is 2.34. The molecular weight excluding hydrogens is 204 g/mol. The van der Waals surface area contributed by atoms with Crippen molar-refractivity contribution in [2.75, 3.05) is 0 Å². The van der Waals surface area contributed by atoms with E-state index in [0.29, 0.717) is 0 Å². The molecule has 2 rings (SSSR count). The number of carboxylic acid groups (broad SMARTS) is 1. The first kappa shape index (κ1) is 11.1. The molecule has 0 radical (unpaired) electrons. The Labute approximate surface area is 94.7 Å². The van der Waals surface area contributed by atoms with Gasteiger partial charge in [-0.2, -0.15) is 0 Å². The summed E-state index contributed by atoms with van der Waals surface area (Å²) in [7, 11) is 0. The highest BCUT2D eigenvalue weighted by atomic mass is 16.4. The van der Waals surface area contributed by atoms with Crippen molar-refractivity contribution in [3.63, 3.8) is 0 Å². The van der Waals surface area contributed by atoms with Crippen molar-refractivity contribution in [3.05, 3.63) is 35.4 Å². The molecule has 0 spiro atoms. The monoisotopic (exact) mass is 220 g/mol. The van der Waals surface area contributed by atoms with Gasteiger partial charge in [0.25, 0.3) is 0 Å². The molecule has 0 fully saturated rings. The summed E-state index contributed by atoms with van der Waals surface area (Å²) in [4.78, 5) is 10.6. The van der Waals surface area contributed by atoms with E-state index in [1.54, 1.807) is 0 Å². The van der Waals surface area contributed by atoms with Crippen LogP contribution in [0.1, 0.15) is 36.3 Å². The molecule has 1 aromatic rings. The average molecular weight is 220 g/mol. The topological polar surface area (TPSA) is 57.5 Å². The maximum absolute atomic E-state index is 10.6. The molecule has 0 amide bonds. The molecule has 0 heterocycles.